The lowest BCUT2D eigenvalue weighted by Crippen LogP contribution is -2.13. The lowest BCUT2D eigenvalue weighted by molar-refractivity contribution is -0.140. The number of carboxylic acid groups (broad SMARTS) is 1. The second kappa shape index (κ2) is 14.1. The second-order valence-corrected chi connectivity index (χ2v) is 11.2. The van der Waals surface area contributed by atoms with E-state index >= 15 is 0 Å². The number of pyridine rings is 1. The van der Waals surface area contributed by atoms with Crippen LogP contribution in [0.5, 0.6) is 0 Å². The second-order valence-electron chi connectivity index (χ2n) is 9.55. The quantitative estimate of drug-likeness (QED) is 0.172. The maximum atomic E-state index is 12.5. The number of carboxylic acids is 1. The summed E-state index contributed by atoms with van der Waals surface area (Å²) in [7, 11) is 0. The van der Waals surface area contributed by atoms with Crippen LogP contribution in [0.15, 0.2) is 78.9 Å². The van der Waals surface area contributed by atoms with Crippen molar-refractivity contribution >= 4 is 58.4 Å². The minimum Gasteiger partial charge on any atom is -0.481 e. The lowest BCUT2D eigenvalue weighted by Gasteiger charge is -2.20. The smallest absolute Gasteiger partial charge is 0.338 e. The Morgan fingerprint density at radius 1 is 1.02 bits per heavy atom. The molecule has 0 aliphatic rings. The third kappa shape index (κ3) is 7.96. The average Bonchev–Trinajstić information content (AvgIpc) is 2.96. The molecule has 0 saturated heterocycles. The van der Waals surface area contributed by atoms with Gasteiger partial charge in [-0.05, 0) is 66.8 Å². The molecule has 0 bridgehead atoms. The van der Waals surface area contributed by atoms with E-state index in [2.05, 4.69) is 12.1 Å². The third-order valence-electron chi connectivity index (χ3n) is 6.56. The molecule has 3 aromatic carbocycles. The molecule has 0 radical (unpaired) electrons. The van der Waals surface area contributed by atoms with Gasteiger partial charge in [0.2, 0.25) is 0 Å². The van der Waals surface area contributed by atoms with E-state index in [0.717, 1.165) is 39.7 Å². The molecule has 0 aliphatic carbocycles. The Labute approximate surface area is 244 Å². The summed E-state index contributed by atoms with van der Waals surface area (Å²) in [6.45, 7) is 3.84. The molecule has 4 aromatic rings. The van der Waals surface area contributed by atoms with Gasteiger partial charge in [-0.3, -0.25) is 4.79 Å². The number of esters is 1. The van der Waals surface area contributed by atoms with E-state index in [0.29, 0.717) is 29.4 Å². The summed E-state index contributed by atoms with van der Waals surface area (Å²) >= 11 is 7.78. The van der Waals surface area contributed by atoms with Crippen molar-refractivity contribution in [1.29, 1.82) is 0 Å². The van der Waals surface area contributed by atoms with Gasteiger partial charge in [0.1, 0.15) is 0 Å². The monoisotopic (exact) mass is 573 g/mol. The molecule has 7 heteroatoms. The summed E-state index contributed by atoms with van der Waals surface area (Å²) in [5.41, 5.74) is 5.31. The molecule has 2 atom stereocenters. The van der Waals surface area contributed by atoms with Gasteiger partial charge >= 0.3 is 11.9 Å². The van der Waals surface area contributed by atoms with Gasteiger partial charge in [-0.1, -0.05) is 79.2 Å². The van der Waals surface area contributed by atoms with Gasteiger partial charge in [-0.15, -0.1) is 0 Å². The summed E-state index contributed by atoms with van der Waals surface area (Å²) in [5.74, 6) is -1.10. The van der Waals surface area contributed by atoms with E-state index in [-0.39, 0.29) is 11.2 Å². The van der Waals surface area contributed by atoms with Crippen LogP contribution in [-0.4, -0.2) is 34.4 Å². The highest BCUT2D eigenvalue weighted by molar-refractivity contribution is 7.99. The zero-order valence-electron chi connectivity index (χ0n) is 22.5. The number of nitrogens with zero attached hydrogens (tertiary/aromatic N) is 1. The van der Waals surface area contributed by atoms with Crippen LogP contribution in [0.25, 0.3) is 23.1 Å². The van der Waals surface area contributed by atoms with E-state index in [4.69, 9.17) is 21.3 Å². The van der Waals surface area contributed by atoms with E-state index in [1.165, 1.54) is 0 Å². The Hall–Kier alpha value is -3.61. The molecule has 5 nitrogen and oxygen atoms in total. The molecule has 40 heavy (non-hydrogen) atoms. The van der Waals surface area contributed by atoms with Gasteiger partial charge in [0.05, 0.1) is 29.3 Å². The minimum absolute atomic E-state index is 0.0475. The number of aliphatic carboxylic acids is 1. The average molecular weight is 574 g/mol. The molecule has 0 amide bonds. The zero-order chi connectivity index (χ0) is 28.5. The van der Waals surface area contributed by atoms with Crippen LogP contribution in [0.1, 0.15) is 58.3 Å². The van der Waals surface area contributed by atoms with Crippen LogP contribution in [0.2, 0.25) is 5.02 Å². The fourth-order valence-electron chi connectivity index (χ4n) is 4.35. The number of carbonyl (C=O) groups is 2. The molecule has 206 valence electrons. The number of hydrogen-bond donors (Lipinski definition) is 1. The van der Waals surface area contributed by atoms with Gasteiger partial charge < -0.3 is 9.84 Å². The van der Waals surface area contributed by atoms with Crippen LogP contribution in [-0.2, 0) is 16.0 Å². The molecular weight excluding hydrogens is 542 g/mol. The van der Waals surface area contributed by atoms with Gasteiger partial charge in [0, 0.05) is 21.4 Å². The molecule has 0 saturated carbocycles. The van der Waals surface area contributed by atoms with Gasteiger partial charge in [-0.2, -0.15) is 11.8 Å². The number of aromatic nitrogens is 1. The van der Waals surface area contributed by atoms with Gasteiger partial charge in [0.25, 0.3) is 0 Å². The topological polar surface area (TPSA) is 76.5 Å². The SMILES string of the molecule is CCOC(=O)c1ccccc1CC[C@H](SC[C@@H](C)C(=O)O)c1cccc(/C=C/c2ccc3ccc(Cl)cc3n2)c1. The molecule has 0 aliphatic heterocycles. The fourth-order valence-corrected chi connectivity index (χ4v) is 5.81. The largest absolute Gasteiger partial charge is 0.481 e. The van der Waals surface area contributed by atoms with E-state index < -0.39 is 11.9 Å². The molecule has 0 fully saturated rings. The number of benzene rings is 3. The Morgan fingerprint density at radius 2 is 1.82 bits per heavy atom. The van der Waals surface area contributed by atoms with Crippen molar-refractivity contribution in [1.82, 2.24) is 4.98 Å². The molecular formula is C33H32ClNO4S. The first-order valence-electron chi connectivity index (χ1n) is 13.3. The molecule has 0 spiro atoms. The van der Waals surface area contributed by atoms with Crippen molar-refractivity contribution in [2.45, 2.75) is 31.9 Å². The first-order chi connectivity index (χ1) is 19.3. The molecule has 1 N–H and O–H groups in total. The van der Waals surface area contributed by atoms with E-state index in [1.807, 2.05) is 72.8 Å². The van der Waals surface area contributed by atoms with Crippen molar-refractivity contribution < 1.29 is 19.4 Å². The number of halogens is 1. The molecule has 0 unspecified atom stereocenters. The number of ether oxygens (including phenoxy) is 1. The summed E-state index contributed by atoms with van der Waals surface area (Å²) in [6, 6.07) is 25.4. The van der Waals surface area contributed by atoms with Crippen LogP contribution in [0.3, 0.4) is 0 Å². The van der Waals surface area contributed by atoms with Crippen molar-refractivity contribution in [2.24, 2.45) is 5.92 Å². The Balaban J connectivity index is 1.55. The molecule has 1 heterocycles. The van der Waals surface area contributed by atoms with Gasteiger partial charge in [0.15, 0.2) is 0 Å². The Kier molecular flexibility index (Phi) is 10.4. The summed E-state index contributed by atoms with van der Waals surface area (Å²) in [5, 5.41) is 11.2. The lowest BCUT2D eigenvalue weighted by atomic mass is 9.98. The van der Waals surface area contributed by atoms with Crippen LogP contribution < -0.4 is 0 Å². The van der Waals surface area contributed by atoms with Crippen molar-refractivity contribution in [3.63, 3.8) is 0 Å². The normalized spacial score (nSPS) is 12.9. The van der Waals surface area contributed by atoms with Crippen molar-refractivity contribution in [2.75, 3.05) is 12.4 Å². The molecule has 1 aromatic heterocycles. The standard InChI is InChI=1S/C33H32ClNO4S/c1-3-39-33(38)29-10-5-4-8-24(29)14-18-31(40-21-22(2)32(36)37)26-9-6-7-23(19-26)11-16-28-17-13-25-12-15-27(34)20-30(25)35-28/h4-13,15-17,19-20,22,31H,3,14,18,21H2,1-2H3,(H,36,37)/b16-11+/t22-,31+/m1/s1. The van der Waals surface area contributed by atoms with Crippen LogP contribution in [0.4, 0.5) is 0 Å². The summed E-state index contributed by atoms with van der Waals surface area (Å²) < 4.78 is 5.25. The predicted octanol–water partition coefficient (Wildman–Crippen LogP) is 8.36. The van der Waals surface area contributed by atoms with Crippen molar-refractivity contribution in [3.05, 3.63) is 112 Å². The van der Waals surface area contributed by atoms with Crippen LogP contribution in [0, 0.1) is 5.92 Å². The highest BCUT2D eigenvalue weighted by Gasteiger charge is 2.19. The fraction of sp³-hybridized carbons (Fsp3) is 0.242. The maximum absolute atomic E-state index is 12.5. The number of aryl methyl sites for hydroxylation is 1. The van der Waals surface area contributed by atoms with E-state index in [9.17, 15) is 14.7 Å². The van der Waals surface area contributed by atoms with E-state index in [1.54, 1.807) is 31.7 Å². The van der Waals surface area contributed by atoms with Crippen LogP contribution >= 0.6 is 23.4 Å². The van der Waals surface area contributed by atoms with Gasteiger partial charge in [-0.25, -0.2) is 9.78 Å². The Bertz CT molecular complexity index is 1520. The Morgan fingerprint density at radius 3 is 2.62 bits per heavy atom. The number of fused-ring (bicyclic) bond motifs is 1. The van der Waals surface area contributed by atoms with Crippen molar-refractivity contribution in [3.8, 4) is 0 Å². The number of carbonyl (C=O) groups excluding carboxylic acids is 1. The zero-order valence-corrected chi connectivity index (χ0v) is 24.1. The molecule has 4 rings (SSSR count). The first kappa shape index (κ1) is 29.4. The minimum atomic E-state index is -0.806. The first-order valence-corrected chi connectivity index (χ1v) is 14.7. The number of rotatable bonds is 12. The highest BCUT2D eigenvalue weighted by Crippen LogP contribution is 2.36. The maximum Gasteiger partial charge on any atom is 0.338 e. The number of hydrogen-bond acceptors (Lipinski definition) is 5. The number of thioether (sulfide) groups is 1. The summed E-state index contributed by atoms with van der Waals surface area (Å²) in [6.07, 6.45) is 5.41. The summed E-state index contributed by atoms with van der Waals surface area (Å²) in [4.78, 5) is 28.7. The third-order valence-corrected chi connectivity index (χ3v) is 8.40. The highest BCUT2D eigenvalue weighted by atomic mass is 35.5. The predicted molar refractivity (Wildman–Crippen MR) is 165 cm³/mol.